The van der Waals surface area contributed by atoms with Crippen LogP contribution in [-0.2, 0) is 24.9 Å². The van der Waals surface area contributed by atoms with Crippen molar-refractivity contribution in [2.75, 3.05) is 21.0 Å². The molecule has 9 nitrogen and oxygen atoms in total. The smallest absolute Gasteiger partial charge is 0.332 e. The summed E-state index contributed by atoms with van der Waals surface area (Å²) in [6.07, 6.45) is 5.15. The van der Waals surface area contributed by atoms with Crippen LogP contribution < -0.4 is 20.7 Å². The summed E-state index contributed by atoms with van der Waals surface area (Å²) in [7, 11) is 4.91. The van der Waals surface area contributed by atoms with Crippen molar-refractivity contribution in [2.45, 2.75) is 39.8 Å². The molecule has 9 heteroatoms. The molecule has 0 bridgehead atoms. The first-order valence-corrected chi connectivity index (χ1v) is 10.6. The highest BCUT2D eigenvalue weighted by Gasteiger charge is 2.18. The molecule has 1 aromatic carbocycles. The lowest BCUT2D eigenvalue weighted by atomic mass is 10.2. The van der Waals surface area contributed by atoms with E-state index >= 15 is 0 Å². The highest BCUT2D eigenvalue weighted by Crippen LogP contribution is 2.28. The molecular weight excluding hydrogens is 412 g/mol. The van der Waals surface area contributed by atoms with Gasteiger partial charge in [-0.2, -0.15) is 0 Å². The number of aromatic nitrogens is 4. The van der Waals surface area contributed by atoms with Gasteiger partial charge in [0.25, 0.3) is 5.56 Å². The number of ether oxygens (including phenoxy) is 3. The summed E-state index contributed by atoms with van der Waals surface area (Å²) >= 11 is 0. The Morgan fingerprint density at radius 3 is 2.38 bits per heavy atom. The van der Waals surface area contributed by atoms with Gasteiger partial charge in [-0.3, -0.25) is 13.9 Å². The molecule has 0 saturated heterocycles. The van der Waals surface area contributed by atoms with Crippen molar-refractivity contribution in [3.63, 3.8) is 0 Å². The lowest BCUT2D eigenvalue weighted by Gasteiger charge is -2.10. The van der Waals surface area contributed by atoms with Crippen LogP contribution in [0, 0.1) is 0 Å². The number of methoxy groups -OCH3 is 2. The molecule has 0 aliphatic heterocycles. The standard InChI is InChI=1S/C23H30N4O5/c1-6-12-26-21-20(22(28)27(13-7-2)23(26)29)25(3)19(24-21)11-9-16-8-10-17(32-15-30-4)18(14-16)31-5/h8-11,14H,6-7,12-13,15H2,1-5H3/b11-9+. The van der Waals surface area contributed by atoms with Crippen LogP contribution in [0.4, 0.5) is 0 Å². The third-order valence-corrected chi connectivity index (χ3v) is 5.12. The molecule has 0 aliphatic carbocycles. The minimum absolute atomic E-state index is 0.125. The van der Waals surface area contributed by atoms with E-state index in [1.165, 1.54) is 4.57 Å². The van der Waals surface area contributed by atoms with Crippen molar-refractivity contribution in [1.29, 1.82) is 0 Å². The van der Waals surface area contributed by atoms with E-state index in [0.717, 1.165) is 12.0 Å². The monoisotopic (exact) mass is 442 g/mol. The SMILES string of the molecule is CCCn1c(=O)c2c(nc(/C=C/c3ccc(OCOC)c(OC)c3)n2C)n(CCC)c1=O. The molecule has 3 rings (SSSR count). The molecule has 32 heavy (non-hydrogen) atoms. The largest absolute Gasteiger partial charge is 0.493 e. The Morgan fingerprint density at radius 1 is 1.00 bits per heavy atom. The molecule has 172 valence electrons. The molecule has 0 atom stereocenters. The molecule has 0 radical (unpaired) electrons. The van der Waals surface area contributed by atoms with Crippen molar-refractivity contribution in [3.05, 3.63) is 50.4 Å². The Kier molecular flexibility index (Phi) is 7.53. The number of aryl methyl sites for hydroxylation is 2. The second-order valence-corrected chi connectivity index (χ2v) is 7.39. The van der Waals surface area contributed by atoms with Gasteiger partial charge in [0.05, 0.1) is 7.11 Å². The van der Waals surface area contributed by atoms with E-state index in [9.17, 15) is 9.59 Å². The second kappa shape index (κ2) is 10.3. The highest BCUT2D eigenvalue weighted by molar-refractivity contribution is 5.77. The van der Waals surface area contributed by atoms with E-state index in [4.69, 9.17) is 14.2 Å². The lowest BCUT2D eigenvalue weighted by molar-refractivity contribution is 0.0491. The van der Waals surface area contributed by atoms with Crippen molar-refractivity contribution >= 4 is 23.3 Å². The van der Waals surface area contributed by atoms with E-state index < -0.39 is 0 Å². The molecule has 0 fully saturated rings. The quantitative estimate of drug-likeness (QED) is 0.449. The van der Waals surface area contributed by atoms with Crippen LogP contribution in [0.1, 0.15) is 38.1 Å². The zero-order chi connectivity index (χ0) is 23.3. The normalized spacial score (nSPS) is 11.5. The van der Waals surface area contributed by atoms with E-state index in [0.29, 0.717) is 48.0 Å². The number of benzene rings is 1. The Hall–Kier alpha value is -3.33. The summed E-state index contributed by atoms with van der Waals surface area (Å²) < 4.78 is 20.5. The maximum Gasteiger partial charge on any atom is 0.332 e. The van der Waals surface area contributed by atoms with Gasteiger partial charge < -0.3 is 18.8 Å². The lowest BCUT2D eigenvalue weighted by Crippen LogP contribution is -2.40. The molecule has 3 aromatic rings. The van der Waals surface area contributed by atoms with Crippen molar-refractivity contribution in [3.8, 4) is 11.5 Å². The minimum atomic E-state index is -0.310. The Labute approximate surface area is 186 Å². The minimum Gasteiger partial charge on any atom is -0.493 e. The first kappa shape index (κ1) is 23.3. The van der Waals surface area contributed by atoms with E-state index in [1.807, 2.05) is 38.1 Å². The predicted molar refractivity (Wildman–Crippen MR) is 124 cm³/mol. The first-order valence-electron chi connectivity index (χ1n) is 10.6. The molecule has 0 unspecified atom stereocenters. The van der Waals surface area contributed by atoms with Gasteiger partial charge in [0.15, 0.2) is 29.5 Å². The molecule has 0 aliphatic rings. The highest BCUT2D eigenvalue weighted by atomic mass is 16.7. The van der Waals surface area contributed by atoms with E-state index in [2.05, 4.69) is 4.98 Å². The van der Waals surface area contributed by atoms with Crippen LogP contribution in [0.15, 0.2) is 27.8 Å². The zero-order valence-corrected chi connectivity index (χ0v) is 19.3. The van der Waals surface area contributed by atoms with Crippen molar-refractivity contribution in [1.82, 2.24) is 18.7 Å². The molecule has 0 spiro atoms. The number of fused-ring (bicyclic) bond motifs is 1. The van der Waals surface area contributed by atoms with Gasteiger partial charge in [-0.1, -0.05) is 26.0 Å². The fourth-order valence-corrected chi connectivity index (χ4v) is 3.57. The molecule has 2 aromatic heterocycles. The van der Waals surface area contributed by atoms with E-state index in [1.54, 1.807) is 36.5 Å². The van der Waals surface area contributed by atoms with Gasteiger partial charge in [0, 0.05) is 27.2 Å². The number of nitrogens with zero attached hydrogens (tertiary/aromatic N) is 4. The van der Waals surface area contributed by atoms with Crippen LogP contribution >= 0.6 is 0 Å². The summed E-state index contributed by atoms with van der Waals surface area (Å²) in [6, 6.07) is 5.52. The maximum atomic E-state index is 13.0. The summed E-state index contributed by atoms with van der Waals surface area (Å²) in [5.74, 6) is 1.73. The fourth-order valence-electron chi connectivity index (χ4n) is 3.57. The zero-order valence-electron chi connectivity index (χ0n) is 19.3. The van der Waals surface area contributed by atoms with Crippen LogP contribution in [0.2, 0.25) is 0 Å². The third-order valence-electron chi connectivity index (χ3n) is 5.12. The molecule has 0 N–H and O–H groups in total. The van der Waals surface area contributed by atoms with Gasteiger partial charge >= 0.3 is 5.69 Å². The molecule has 0 amide bonds. The predicted octanol–water partition coefficient (Wildman–Crippen LogP) is 2.88. The van der Waals surface area contributed by atoms with Crippen molar-refractivity contribution in [2.24, 2.45) is 7.05 Å². The van der Waals surface area contributed by atoms with Gasteiger partial charge in [0.2, 0.25) is 0 Å². The Balaban J connectivity index is 2.07. The number of hydrogen-bond donors (Lipinski definition) is 0. The maximum absolute atomic E-state index is 13.0. The first-order chi connectivity index (χ1) is 15.5. The van der Waals surface area contributed by atoms with Crippen LogP contribution in [-0.4, -0.2) is 39.7 Å². The van der Waals surface area contributed by atoms with E-state index in [-0.39, 0.29) is 18.0 Å². The second-order valence-electron chi connectivity index (χ2n) is 7.39. The number of rotatable bonds is 10. The summed E-state index contributed by atoms with van der Waals surface area (Å²) in [5, 5.41) is 0. The van der Waals surface area contributed by atoms with Crippen molar-refractivity contribution < 1.29 is 14.2 Å². The molecule has 2 heterocycles. The van der Waals surface area contributed by atoms with Crippen LogP contribution in [0.3, 0.4) is 0 Å². The van der Waals surface area contributed by atoms with Gasteiger partial charge in [-0.15, -0.1) is 0 Å². The summed E-state index contributed by atoms with van der Waals surface area (Å²) in [6.45, 7) is 4.94. The van der Waals surface area contributed by atoms with Crippen LogP contribution in [0.5, 0.6) is 11.5 Å². The average Bonchev–Trinajstić information content (AvgIpc) is 3.13. The number of imidazole rings is 1. The topological polar surface area (TPSA) is 89.5 Å². The summed E-state index contributed by atoms with van der Waals surface area (Å²) in [5.41, 5.74) is 1.09. The Bertz CT molecular complexity index is 1240. The third kappa shape index (κ3) is 4.47. The van der Waals surface area contributed by atoms with Crippen LogP contribution in [0.25, 0.3) is 23.3 Å². The molecule has 0 saturated carbocycles. The fraction of sp³-hybridized carbons (Fsp3) is 0.435. The van der Waals surface area contributed by atoms with Gasteiger partial charge in [-0.05, 0) is 36.6 Å². The Morgan fingerprint density at radius 2 is 1.72 bits per heavy atom. The van der Waals surface area contributed by atoms with Gasteiger partial charge in [-0.25, -0.2) is 9.78 Å². The molecular formula is C23H30N4O5. The summed E-state index contributed by atoms with van der Waals surface area (Å²) in [4.78, 5) is 30.5. The van der Waals surface area contributed by atoms with Gasteiger partial charge in [0.1, 0.15) is 5.82 Å². The number of hydrogen-bond acceptors (Lipinski definition) is 6. The average molecular weight is 443 g/mol.